The number of benzene rings is 3. The van der Waals surface area contributed by atoms with Crippen molar-refractivity contribution in [3.8, 4) is 0 Å². The molecule has 11 heteroatoms. The van der Waals surface area contributed by atoms with Gasteiger partial charge in [0.15, 0.2) is 0 Å². The van der Waals surface area contributed by atoms with Crippen LogP contribution < -0.4 is 9.62 Å². The average molecular weight is 696 g/mol. The van der Waals surface area contributed by atoms with Crippen LogP contribution in [0.2, 0.25) is 10.0 Å². The molecule has 7 nitrogen and oxygen atoms in total. The molecule has 3 aromatic rings. The lowest BCUT2D eigenvalue weighted by molar-refractivity contribution is -0.139. The third-order valence-corrected chi connectivity index (χ3v) is 10.5. The second-order valence-corrected chi connectivity index (χ2v) is 14.2. The van der Waals surface area contributed by atoms with E-state index in [1.165, 1.54) is 35.2 Å². The van der Waals surface area contributed by atoms with Crippen LogP contribution in [0.4, 0.5) is 5.69 Å². The lowest BCUT2D eigenvalue weighted by Gasteiger charge is -2.33. The summed E-state index contributed by atoms with van der Waals surface area (Å²) in [6.07, 6.45) is 5.05. The van der Waals surface area contributed by atoms with E-state index < -0.39 is 28.5 Å². The van der Waals surface area contributed by atoms with Gasteiger partial charge in [0.25, 0.3) is 10.0 Å². The largest absolute Gasteiger partial charge is 0.352 e. The van der Waals surface area contributed by atoms with Gasteiger partial charge in [0.1, 0.15) is 12.6 Å². The Kier molecular flexibility index (Phi) is 11.0. The molecule has 0 aromatic heterocycles. The van der Waals surface area contributed by atoms with Gasteiger partial charge >= 0.3 is 0 Å². The Hall–Kier alpha value is -2.59. The Morgan fingerprint density at radius 3 is 2.31 bits per heavy atom. The van der Waals surface area contributed by atoms with Gasteiger partial charge in [-0.2, -0.15) is 0 Å². The minimum atomic E-state index is -4.20. The standard InChI is InChI=1S/C31H34BrCl2N3O4S/c1-21-11-14-27(15-12-21)42(40,41)37(26-13-16-28(33)29(34)18-26)20-30(38)36(19-23-7-6-8-24(32)17-23)22(2)31(39)35-25-9-4-3-5-10-25/h6-8,11-18,22,25H,3-5,9-10,19-20H2,1-2H3,(H,35,39)/t22-/m0/s1. The maximum Gasteiger partial charge on any atom is 0.264 e. The molecule has 0 saturated heterocycles. The average Bonchev–Trinajstić information content (AvgIpc) is 2.96. The van der Waals surface area contributed by atoms with Crippen molar-refractivity contribution in [1.29, 1.82) is 0 Å². The molecular formula is C31H34BrCl2N3O4S. The Morgan fingerprint density at radius 1 is 0.976 bits per heavy atom. The monoisotopic (exact) mass is 693 g/mol. The predicted octanol–water partition coefficient (Wildman–Crippen LogP) is 7.13. The molecule has 1 aliphatic rings. The predicted molar refractivity (Wildman–Crippen MR) is 171 cm³/mol. The fourth-order valence-corrected chi connectivity index (χ4v) is 7.13. The molecule has 2 amide bonds. The Bertz CT molecular complexity index is 1530. The van der Waals surface area contributed by atoms with E-state index in [9.17, 15) is 18.0 Å². The third kappa shape index (κ3) is 8.07. The summed E-state index contributed by atoms with van der Waals surface area (Å²) in [6, 6.07) is 17.4. The molecule has 0 aliphatic heterocycles. The first-order valence-electron chi connectivity index (χ1n) is 13.8. The van der Waals surface area contributed by atoms with Crippen LogP contribution in [-0.4, -0.2) is 43.8 Å². The van der Waals surface area contributed by atoms with Crippen LogP contribution >= 0.6 is 39.1 Å². The third-order valence-electron chi connectivity index (χ3n) is 7.44. The van der Waals surface area contributed by atoms with Crippen molar-refractivity contribution in [2.75, 3.05) is 10.8 Å². The Labute approximate surface area is 266 Å². The van der Waals surface area contributed by atoms with Crippen molar-refractivity contribution < 1.29 is 18.0 Å². The number of hydrogen-bond donors (Lipinski definition) is 1. The molecule has 1 saturated carbocycles. The SMILES string of the molecule is Cc1ccc(S(=O)(=O)N(CC(=O)N(Cc2cccc(Br)c2)[C@@H](C)C(=O)NC2CCCCC2)c2ccc(Cl)c(Cl)c2)cc1. The van der Waals surface area contributed by atoms with Crippen molar-refractivity contribution in [1.82, 2.24) is 10.2 Å². The first-order valence-corrected chi connectivity index (χ1v) is 16.8. The van der Waals surface area contributed by atoms with Gasteiger partial charge in [-0.05, 0) is 74.7 Å². The number of amides is 2. The highest BCUT2D eigenvalue weighted by Crippen LogP contribution is 2.31. The van der Waals surface area contributed by atoms with Crippen LogP contribution in [0.1, 0.15) is 50.2 Å². The van der Waals surface area contributed by atoms with E-state index in [-0.39, 0.29) is 39.1 Å². The number of sulfonamides is 1. The second-order valence-electron chi connectivity index (χ2n) is 10.6. The topological polar surface area (TPSA) is 86.8 Å². The van der Waals surface area contributed by atoms with Crippen molar-refractivity contribution in [2.24, 2.45) is 0 Å². The zero-order chi connectivity index (χ0) is 30.4. The van der Waals surface area contributed by atoms with Crippen LogP contribution in [0, 0.1) is 6.92 Å². The minimum Gasteiger partial charge on any atom is -0.352 e. The van der Waals surface area contributed by atoms with Crippen molar-refractivity contribution in [3.63, 3.8) is 0 Å². The van der Waals surface area contributed by atoms with Crippen molar-refractivity contribution >= 4 is 66.7 Å². The first kappa shape index (κ1) is 32.3. The molecule has 1 N–H and O–H groups in total. The summed E-state index contributed by atoms with van der Waals surface area (Å²) in [4.78, 5) is 29.0. The Morgan fingerprint density at radius 2 is 1.67 bits per heavy atom. The smallest absolute Gasteiger partial charge is 0.264 e. The molecule has 0 unspecified atom stereocenters. The first-order chi connectivity index (χ1) is 20.0. The number of hydrogen-bond acceptors (Lipinski definition) is 4. The Balaban J connectivity index is 1.69. The van der Waals surface area contributed by atoms with Crippen LogP contribution in [0.15, 0.2) is 76.1 Å². The van der Waals surface area contributed by atoms with Crippen LogP contribution in [-0.2, 0) is 26.2 Å². The van der Waals surface area contributed by atoms with Gasteiger partial charge in [0, 0.05) is 17.1 Å². The molecule has 1 aliphatic carbocycles. The molecule has 0 spiro atoms. The number of aryl methyl sites for hydroxylation is 1. The highest BCUT2D eigenvalue weighted by Gasteiger charge is 2.33. The van der Waals surface area contributed by atoms with Crippen molar-refractivity contribution in [3.05, 3.63) is 92.4 Å². The van der Waals surface area contributed by atoms with Gasteiger partial charge in [-0.1, -0.05) is 88.2 Å². The number of nitrogens with zero attached hydrogens (tertiary/aromatic N) is 2. The molecule has 42 heavy (non-hydrogen) atoms. The summed E-state index contributed by atoms with van der Waals surface area (Å²) in [5.74, 6) is -0.809. The molecular weight excluding hydrogens is 661 g/mol. The lowest BCUT2D eigenvalue weighted by atomic mass is 9.95. The summed E-state index contributed by atoms with van der Waals surface area (Å²) in [6.45, 7) is 3.09. The maximum atomic E-state index is 14.1. The van der Waals surface area contributed by atoms with Gasteiger partial charge in [-0.25, -0.2) is 8.42 Å². The van der Waals surface area contributed by atoms with E-state index in [0.29, 0.717) is 0 Å². The molecule has 224 valence electrons. The zero-order valence-corrected chi connectivity index (χ0v) is 27.4. The number of rotatable bonds is 10. The molecule has 0 radical (unpaired) electrons. The number of halogens is 3. The van der Waals surface area contributed by atoms with E-state index >= 15 is 0 Å². The highest BCUT2D eigenvalue weighted by atomic mass is 79.9. The van der Waals surface area contributed by atoms with Crippen LogP contribution in [0.5, 0.6) is 0 Å². The van der Waals surface area contributed by atoms with Gasteiger partial charge < -0.3 is 10.2 Å². The second kappa shape index (κ2) is 14.3. The summed E-state index contributed by atoms with van der Waals surface area (Å²) >= 11 is 15.9. The van der Waals surface area contributed by atoms with Gasteiger partial charge in [0.05, 0.1) is 20.6 Å². The molecule has 1 fully saturated rings. The van der Waals surface area contributed by atoms with Crippen LogP contribution in [0.3, 0.4) is 0 Å². The quantitative estimate of drug-likeness (QED) is 0.245. The fraction of sp³-hybridized carbons (Fsp3) is 0.355. The fourth-order valence-electron chi connectivity index (χ4n) is 4.99. The van der Waals surface area contributed by atoms with Gasteiger partial charge in [-0.3, -0.25) is 13.9 Å². The molecule has 3 aromatic carbocycles. The van der Waals surface area contributed by atoms with E-state index in [1.807, 2.05) is 31.2 Å². The summed E-state index contributed by atoms with van der Waals surface area (Å²) in [5.41, 5.74) is 1.86. The molecule has 1 atom stereocenters. The minimum absolute atomic E-state index is 0.0219. The lowest BCUT2D eigenvalue weighted by Crippen LogP contribution is -2.53. The van der Waals surface area contributed by atoms with E-state index in [4.69, 9.17) is 23.2 Å². The number of carbonyl (C=O) groups excluding carboxylic acids is 2. The van der Waals surface area contributed by atoms with E-state index in [2.05, 4.69) is 21.2 Å². The van der Waals surface area contributed by atoms with E-state index in [0.717, 1.165) is 52.0 Å². The van der Waals surface area contributed by atoms with Crippen LogP contribution in [0.25, 0.3) is 0 Å². The van der Waals surface area contributed by atoms with E-state index in [1.54, 1.807) is 19.1 Å². The van der Waals surface area contributed by atoms with Gasteiger partial charge in [-0.15, -0.1) is 0 Å². The molecule has 0 heterocycles. The number of anilines is 1. The molecule has 0 bridgehead atoms. The normalized spacial score (nSPS) is 14.7. The molecule has 4 rings (SSSR count). The number of carbonyl (C=O) groups is 2. The maximum absolute atomic E-state index is 14.1. The van der Waals surface area contributed by atoms with Gasteiger partial charge in [0.2, 0.25) is 11.8 Å². The summed E-state index contributed by atoms with van der Waals surface area (Å²) in [5, 5.41) is 3.51. The number of nitrogens with one attached hydrogen (secondary N) is 1. The van der Waals surface area contributed by atoms with Crippen molar-refractivity contribution in [2.45, 2.75) is 69.5 Å². The summed E-state index contributed by atoms with van der Waals surface area (Å²) in [7, 11) is -4.20. The highest BCUT2D eigenvalue weighted by molar-refractivity contribution is 9.10. The summed E-state index contributed by atoms with van der Waals surface area (Å²) < 4.78 is 29.8. The zero-order valence-electron chi connectivity index (χ0n) is 23.5.